The van der Waals surface area contributed by atoms with Crippen LogP contribution < -0.4 is 9.47 Å². The molecule has 0 amide bonds. The fourth-order valence-electron chi connectivity index (χ4n) is 2.84. The highest BCUT2D eigenvalue weighted by molar-refractivity contribution is 5.39. The number of ether oxygens (including phenoxy) is 10. The molecule has 1 aliphatic heterocycles. The molecule has 10 heteroatoms. The van der Waals surface area contributed by atoms with Crippen LogP contribution in [0.25, 0.3) is 0 Å². The SMILES string of the molecule is C1#CCOCCOCCOCCOCCOc2ccccc2OCCOCCOCCOCCOCC#C1. The van der Waals surface area contributed by atoms with Crippen molar-refractivity contribution < 1.29 is 47.4 Å². The van der Waals surface area contributed by atoms with E-state index in [1.807, 2.05) is 24.3 Å². The minimum absolute atomic E-state index is 0.303. The van der Waals surface area contributed by atoms with Crippen molar-refractivity contribution in [3.63, 3.8) is 0 Å². The van der Waals surface area contributed by atoms with Crippen molar-refractivity contribution in [2.24, 2.45) is 0 Å². The van der Waals surface area contributed by atoms with Gasteiger partial charge in [-0.05, 0) is 24.0 Å². The monoisotopic (exact) mass is 536 g/mol. The zero-order chi connectivity index (χ0) is 26.6. The first kappa shape index (κ1) is 31.8. The first-order chi connectivity index (χ1) is 19.0. The maximum atomic E-state index is 5.79. The molecule has 2 rings (SSSR count). The zero-order valence-corrected chi connectivity index (χ0v) is 22.1. The Kier molecular flexibility index (Phi) is 20.9. The summed E-state index contributed by atoms with van der Waals surface area (Å²) in [6.07, 6.45) is 0. The molecule has 0 unspecified atom stereocenters. The van der Waals surface area contributed by atoms with E-state index in [2.05, 4.69) is 23.7 Å². The minimum Gasteiger partial charge on any atom is -0.487 e. The molecule has 1 aromatic carbocycles. The fourth-order valence-corrected chi connectivity index (χ4v) is 2.84. The van der Waals surface area contributed by atoms with Gasteiger partial charge < -0.3 is 47.4 Å². The second kappa shape index (κ2) is 24.9. The van der Waals surface area contributed by atoms with Gasteiger partial charge in [0.2, 0.25) is 0 Å². The Morgan fingerprint density at radius 3 is 1.00 bits per heavy atom. The summed E-state index contributed by atoms with van der Waals surface area (Å²) >= 11 is 0. The van der Waals surface area contributed by atoms with E-state index in [1.54, 1.807) is 0 Å². The van der Waals surface area contributed by atoms with E-state index < -0.39 is 0 Å². The molecule has 0 spiro atoms. The molecule has 10 nitrogen and oxygen atoms in total. The molecule has 1 heterocycles. The average molecular weight is 537 g/mol. The van der Waals surface area contributed by atoms with E-state index in [1.165, 1.54) is 0 Å². The van der Waals surface area contributed by atoms with Crippen LogP contribution in [0.2, 0.25) is 0 Å². The predicted octanol–water partition coefficient (Wildman–Crippen LogP) is 1.60. The Hall–Kier alpha value is -2.38. The van der Waals surface area contributed by atoms with Gasteiger partial charge >= 0.3 is 0 Å². The first-order valence-electron chi connectivity index (χ1n) is 12.9. The molecule has 0 N–H and O–H groups in total. The van der Waals surface area contributed by atoms with E-state index in [0.29, 0.717) is 130 Å². The van der Waals surface area contributed by atoms with Crippen LogP contribution in [-0.4, -0.2) is 119 Å². The fraction of sp³-hybridized carbons (Fsp3) is 0.643. The zero-order valence-electron chi connectivity index (χ0n) is 22.1. The Morgan fingerprint density at radius 1 is 0.368 bits per heavy atom. The topological polar surface area (TPSA) is 92.3 Å². The van der Waals surface area contributed by atoms with Gasteiger partial charge in [-0.15, -0.1) is 0 Å². The Labute approximate surface area is 226 Å². The van der Waals surface area contributed by atoms with Crippen LogP contribution in [0, 0.1) is 23.7 Å². The maximum Gasteiger partial charge on any atom is 0.161 e. The lowest BCUT2D eigenvalue weighted by Gasteiger charge is -2.13. The number of benzene rings is 1. The summed E-state index contributed by atoms with van der Waals surface area (Å²) in [5.74, 6) is 12.4. The molecule has 0 aliphatic carbocycles. The molecule has 0 saturated carbocycles. The van der Waals surface area contributed by atoms with E-state index in [-0.39, 0.29) is 0 Å². The second-order valence-corrected chi connectivity index (χ2v) is 7.53. The Morgan fingerprint density at radius 2 is 0.658 bits per heavy atom. The van der Waals surface area contributed by atoms with Gasteiger partial charge in [0.05, 0.1) is 92.5 Å². The van der Waals surface area contributed by atoms with E-state index in [4.69, 9.17) is 47.4 Å². The normalized spacial score (nSPS) is 19.9. The third-order valence-electron chi connectivity index (χ3n) is 4.64. The van der Waals surface area contributed by atoms with Gasteiger partial charge in [-0.1, -0.05) is 24.0 Å². The lowest BCUT2D eigenvalue weighted by Crippen LogP contribution is -2.14. The third kappa shape index (κ3) is 18.8. The Balaban J connectivity index is 1.63. The summed E-state index contributed by atoms with van der Waals surface area (Å²) in [5, 5.41) is 0. The minimum atomic E-state index is 0.303. The van der Waals surface area contributed by atoms with Gasteiger partial charge in [0, 0.05) is 0 Å². The number of hydrogen-bond acceptors (Lipinski definition) is 10. The number of hydrogen-bond donors (Lipinski definition) is 0. The predicted molar refractivity (Wildman–Crippen MR) is 140 cm³/mol. The van der Waals surface area contributed by atoms with Crippen molar-refractivity contribution in [1.29, 1.82) is 0 Å². The summed E-state index contributed by atoms with van der Waals surface area (Å²) in [4.78, 5) is 0. The van der Waals surface area contributed by atoms with Gasteiger partial charge in [-0.2, -0.15) is 0 Å². The van der Waals surface area contributed by atoms with Crippen molar-refractivity contribution in [1.82, 2.24) is 0 Å². The second-order valence-electron chi connectivity index (χ2n) is 7.53. The van der Waals surface area contributed by atoms with Crippen LogP contribution in [-0.2, 0) is 37.9 Å². The standard InChI is InChI=1S/C28H40O10/c1-2-6-10-30-12-14-32-16-18-34-20-22-36-24-26-38-28-8-4-3-7-27(28)37-25-23-35-21-19-33-17-15-31-13-11-29-9-5-1/h3-4,7-8H,9-26H2. The molecule has 0 atom stereocenters. The highest BCUT2D eigenvalue weighted by Gasteiger charge is 2.04. The largest absolute Gasteiger partial charge is 0.487 e. The number of fused-ring (bicyclic) bond motifs is 1. The Bertz CT molecular complexity index is 744. The van der Waals surface area contributed by atoms with E-state index in [9.17, 15) is 0 Å². The van der Waals surface area contributed by atoms with Crippen LogP contribution in [0.3, 0.4) is 0 Å². The van der Waals surface area contributed by atoms with Crippen LogP contribution in [0.5, 0.6) is 11.5 Å². The smallest absolute Gasteiger partial charge is 0.161 e. The first-order valence-corrected chi connectivity index (χ1v) is 12.9. The molecule has 0 bridgehead atoms. The summed E-state index contributed by atoms with van der Waals surface area (Å²) < 4.78 is 55.3. The lowest BCUT2D eigenvalue weighted by atomic mass is 10.3. The third-order valence-corrected chi connectivity index (χ3v) is 4.64. The molecule has 0 saturated heterocycles. The van der Waals surface area contributed by atoms with Gasteiger partial charge in [0.15, 0.2) is 11.5 Å². The number of rotatable bonds is 0. The summed E-state index contributed by atoms with van der Waals surface area (Å²) in [5.41, 5.74) is 0. The van der Waals surface area contributed by atoms with Gasteiger partial charge in [-0.25, -0.2) is 0 Å². The van der Waals surface area contributed by atoms with Crippen LogP contribution in [0.4, 0.5) is 0 Å². The van der Waals surface area contributed by atoms with Crippen molar-refractivity contribution in [2.75, 3.05) is 119 Å². The van der Waals surface area contributed by atoms with E-state index in [0.717, 1.165) is 0 Å². The highest BCUT2D eigenvalue weighted by Crippen LogP contribution is 2.26. The summed E-state index contributed by atoms with van der Waals surface area (Å²) in [6, 6.07) is 7.53. The maximum absolute atomic E-state index is 5.79. The van der Waals surface area contributed by atoms with Crippen molar-refractivity contribution in [2.45, 2.75) is 0 Å². The van der Waals surface area contributed by atoms with Gasteiger partial charge in [0.1, 0.15) is 26.4 Å². The van der Waals surface area contributed by atoms with Crippen LogP contribution >= 0.6 is 0 Å². The molecule has 1 aliphatic rings. The molecular weight excluding hydrogens is 496 g/mol. The van der Waals surface area contributed by atoms with Crippen molar-refractivity contribution in [3.05, 3.63) is 24.3 Å². The highest BCUT2D eigenvalue weighted by atomic mass is 16.6. The molecular formula is C28H40O10. The molecule has 1 aromatic rings. The lowest BCUT2D eigenvalue weighted by molar-refractivity contribution is -0.00284. The van der Waals surface area contributed by atoms with Crippen LogP contribution in [0.15, 0.2) is 24.3 Å². The average Bonchev–Trinajstić information content (AvgIpc) is 2.94. The summed E-state index contributed by atoms with van der Waals surface area (Å²) in [6.45, 7) is 8.08. The molecule has 0 radical (unpaired) electrons. The molecule has 0 fully saturated rings. The number of para-hydroxylation sites is 2. The molecule has 212 valence electrons. The summed E-state index contributed by atoms with van der Waals surface area (Å²) in [7, 11) is 0. The molecule has 38 heavy (non-hydrogen) atoms. The van der Waals surface area contributed by atoms with Crippen LogP contribution in [0.1, 0.15) is 0 Å². The van der Waals surface area contributed by atoms with Gasteiger partial charge in [-0.3, -0.25) is 0 Å². The van der Waals surface area contributed by atoms with Gasteiger partial charge in [0.25, 0.3) is 0 Å². The quantitative estimate of drug-likeness (QED) is 0.456. The molecule has 0 aromatic heterocycles. The van der Waals surface area contributed by atoms with Crippen molar-refractivity contribution >= 4 is 0 Å². The van der Waals surface area contributed by atoms with E-state index >= 15 is 0 Å². The van der Waals surface area contributed by atoms with Crippen molar-refractivity contribution in [3.8, 4) is 35.2 Å².